The molecule has 21 heavy (non-hydrogen) atoms. The average Bonchev–Trinajstić information content (AvgIpc) is 2.49. The second kappa shape index (κ2) is 8.79. The van der Waals surface area contributed by atoms with Crippen LogP contribution >= 0.6 is 15.9 Å². The van der Waals surface area contributed by atoms with E-state index in [1.807, 2.05) is 19.9 Å². The highest BCUT2D eigenvalue weighted by molar-refractivity contribution is 9.10. The SMILES string of the molecule is CCC(C)C(N)C(=O)NCCNC(=O)c1cccc(Br)c1. The minimum atomic E-state index is -0.504. The van der Waals surface area contributed by atoms with Gasteiger partial charge in [-0.05, 0) is 24.1 Å². The summed E-state index contributed by atoms with van der Waals surface area (Å²) in [6, 6.07) is 6.62. The molecule has 0 fully saturated rings. The summed E-state index contributed by atoms with van der Waals surface area (Å²) in [5, 5.41) is 5.48. The maximum Gasteiger partial charge on any atom is 0.251 e. The van der Waals surface area contributed by atoms with Crippen LogP contribution in [0.2, 0.25) is 0 Å². The highest BCUT2D eigenvalue weighted by Gasteiger charge is 2.18. The lowest BCUT2D eigenvalue weighted by molar-refractivity contribution is -0.123. The lowest BCUT2D eigenvalue weighted by atomic mass is 9.99. The molecule has 4 N–H and O–H groups in total. The third kappa shape index (κ3) is 5.85. The first-order chi connectivity index (χ1) is 9.95. The van der Waals surface area contributed by atoms with Crippen molar-refractivity contribution in [1.29, 1.82) is 0 Å². The van der Waals surface area contributed by atoms with Gasteiger partial charge in [0, 0.05) is 23.1 Å². The number of hydrogen-bond donors (Lipinski definition) is 3. The van der Waals surface area contributed by atoms with E-state index in [9.17, 15) is 9.59 Å². The van der Waals surface area contributed by atoms with E-state index in [-0.39, 0.29) is 17.7 Å². The summed E-state index contributed by atoms with van der Waals surface area (Å²) >= 11 is 3.32. The molecule has 0 saturated heterocycles. The zero-order valence-electron chi connectivity index (χ0n) is 12.4. The second-order valence-corrected chi connectivity index (χ2v) is 5.88. The molecular weight excluding hydrogens is 334 g/mol. The van der Waals surface area contributed by atoms with E-state index < -0.39 is 6.04 Å². The van der Waals surface area contributed by atoms with E-state index in [0.717, 1.165) is 10.9 Å². The molecule has 0 aliphatic heterocycles. The highest BCUT2D eigenvalue weighted by atomic mass is 79.9. The van der Waals surface area contributed by atoms with E-state index in [1.54, 1.807) is 18.2 Å². The molecule has 1 rings (SSSR count). The summed E-state index contributed by atoms with van der Waals surface area (Å²) in [7, 11) is 0. The Morgan fingerprint density at radius 1 is 1.29 bits per heavy atom. The van der Waals surface area contributed by atoms with Crippen molar-refractivity contribution < 1.29 is 9.59 Å². The summed E-state index contributed by atoms with van der Waals surface area (Å²) in [5.41, 5.74) is 6.39. The van der Waals surface area contributed by atoms with Gasteiger partial charge in [0.25, 0.3) is 5.91 Å². The van der Waals surface area contributed by atoms with E-state index in [4.69, 9.17) is 5.73 Å². The lowest BCUT2D eigenvalue weighted by Gasteiger charge is -2.17. The first kappa shape index (κ1) is 17.7. The van der Waals surface area contributed by atoms with E-state index in [1.165, 1.54) is 0 Å². The third-order valence-electron chi connectivity index (χ3n) is 3.36. The molecule has 6 heteroatoms. The van der Waals surface area contributed by atoms with Crippen LogP contribution in [-0.2, 0) is 4.79 Å². The Balaban J connectivity index is 2.31. The van der Waals surface area contributed by atoms with Gasteiger partial charge < -0.3 is 16.4 Å². The van der Waals surface area contributed by atoms with Gasteiger partial charge in [-0.1, -0.05) is 42.3 Å². The average molecular weight is 356 g/mol. The molecule has 5 nitrogen and oxygen atoms in total. The van der Waals surface area contributed by atoms with Crippen molar-refractivity contribution in [3.63, 3.8) is 0 Å². The lowest BCUT2D eigenvalue weighted by Crippen LogP contribution is -2.46. The molecule has 0 saturated carbocycles. The maximum atomic E-state index is 11.9. The molecule has 2 amide bonds. The normalized spacial score (nSPS) is 13.3. The molecule has 1 aromatic rings. The molecule has 0 bridgehead atoms. The van der Waals surface area contributed by atoms with Gasteiger partial charge in [0.1, 0.15) is 0 Å². The molecule has 2 atom stereocenters. The quantitative estimate of drug-likeness (QED) is 0.650. The zero-order valence-corrected chi connectivity index (χ0v) is 13.9. The highest BCUT2D eigenvalue weighted by Crippen LogP contribution is 2.11. The molecule has 0 aliphatic rings. The van der Waals surface area contributed by atoms with Gasteiger partial charge in [0.2, 0.25) is 5.91 Å². The summed E-state index contributed by atoms with van der Waals surface area (Å²) in [6.45, 7) is 4.67. The smallest absolute Gasteiger partial charge is 0.251 e. The summed E-state index contributed by atoms with van der Waals surface area (Å²) in [4.78, 5) is 23.6. The molecule has 0 aromatic heterocycles. The Morgan fingerprint density at radius 2 is 1.95 bits per heavy atom. The predicted octanol–water partition coefficient (Wildman–Crippen LogP) is 1.67. The van der Waals surface area contributed by atoms with Crippen molar-refractivity contribution in [2.45, 2.75) is 26.3 Å². The fraction of sp³-hybridized carbons (Fsp3) is 0.467. The number of hydrogen-bond acceptors (Lipinski definition) is 3. The standard InChI is InChI=1S/C15H22BrN3O2/c1-3-10(2)13(17)15(21)19-8-7-18-14(20)11-5-4-6-12(16)9-11/h4-6,9-10,13H,3,7-8,17H2,1-2H3,(H,18,20)(H,19,21). The summed E-state index contributed by atoms with van der Waals surface area (Å²) < 4.78 is 0.850. The largest absolute Gasteiger partial charge is 0.353 e. The molecule has 0 spiro atoms. The molecule has 0 radical (unpaired) electrons. The number of carbonyl (C=O) groups is 2. The number of carbonyl (C=O) groups excluding carboxylic acids is 2. The molecule has 0 heterocycles. The summed E-state index contributed by atoms with van der Waals surface area (Å²) in [5.74, 6) is -0.209. The van der Waals surface area contributed by atoms with Crippen molar-refractivity contribution in [3.05, 3.63) is 34.3 Å². The molecule has 2 unspecified atom stereocenters. The van der Waals surface area contributed by atoms with Crippen molar-refractivity contribution in [3.8, 4) is 0 Å². The third-order valence-corrected chi connectivity index (χ3v) is 3.85. The number of amides is 2. The van der Waals surface area contributed by atoms with E-state index in [2.05, 4.69) is 26.6 Å². The second-order valence-electron chi connectivity index (χ2n) is 4.97. The number of nitrogens with two attached hydrogens (primary N) is 1. The fourth-order valence-electron chi connectivity index (χ4n) is 1.72. The van der Waals surface area contributed by atoms with Crippen LogP contribution in [0.15, 0.2) is 28.7 Å². The topological polar surface area (TPSA) is 84.2 Å². The van der Waals surface area contributed by atoms with Crippen LogP contribution in [0, 0.1) is 5.92 Å². The van der Waals surface area contributed by atoms with Gasteiger partial charge >= 0.3 is 0 Å². The van der Waals surface area contributed by atoms with Crippen LogP contribution in [0.4, 0.5) is 0 Å². The van der Waals surface area contributed by atoms with Crippen LogP contribution in [-0.4, -0.2) is 30.9 Å². The Labute approximate surface area is 133 Å². The first-order valence-corrected chi connectivity index (χ1v) is 7.82. The van der Waals surface area contributed by atoms with Crippen molar-refractivity contribution in [2.75, 3.05) is 13.1 Å². The minimum absolute atomic E-state index is 0.140. The Bertz CT molecular complexity index is 494. The Morgan fingerprint density at radius 3 is 2.57 bits per heavy atom. The van der Waals surface area contributed by atoms with Gasteiger partial charge in [-0.3, -0.25) is 9.59 Å². The Kier molecular flexibility index (Phi) is 7.39. The van der Waals surface area contributed by atoms with Crippen LogP contribution in [0.1, 0.15) is 30.6 Å². The van der Waals surface area contributed by atoms with Gasteiger partial charge in [0.15, 0.2) is 0 Å². The minimum Gasteiger partial charge on any atom is -0.353 e. The molecule has 0 aliphatic carbocycles. The van der Waals surface area contributed by atoms with Crippen molar-refractivity contribution in [2.24, 2.45) is 11.7 Å². The number of benzene rings is 1. The number of nitrogens with one attached hydrogen (secondary N) is 2. The van der Waals surface area contributed by atoms with Crippen LogP contribution in [0.25, 0.3) is 0 Å². The maximum absolute atomic E-state index is 11.9. The van der Waals surface area contributed by atoms with Crippen molar-refractivity contribution >= 4 is 27.7 Å². The number of rotatable bonds is 7. The number of halogens is 1. The van der Waals surface area contributed by atoms with Gasteiger partial charge in [-0.15, -0.1) is 0 Å². The van der Waals surface area contributed by atoms with Crippen LogP contribution in [0.3, 0.4) is 0 Å². The molecule has 116 valence electrons. The summed E-state index contributed by atoms with van der Waals surface area (Å²) in [6.07, 6.45) is 0.855. The van der Waals surface area contributed by atoms with Crippen LogP contribution < -0.4 is 16.4 Å². The van der Waals surface area contributed by atoms with Gasteiger partial charge in [-0.2, -0.15) is 0 Å². The first-order valence-electron chi connectivity index (χ1n) is 7.02. The van der Waals surface area contributed by atoms with Gasteiger partial charge in [-0.25, -0.2) is 0 Å². The predicted molar refractivity (Wildman–Crippen MR) is 86.9 cm³/mol. The van der Waals surface area contributed by atoms with Crippen molar-refractivity contribution in [1.82, 2.24) is 10.6 Å². The zero-order chi connectivity index (χ0) is 15.8. The fourth-order valence-corrected chi connectivity index (χ4v) is 2.12. The molecular formula is C15H22BrN3O2. The van der Waals surface area contributed by atoms with E-state index in [0.29, 0.717) is 18.7 Å². The Hall–Kier alpha value is -1.40. The van der Waals surface area contributed by atoms with Crippen LogP contribution in [0.5, 0.6) is 0 Å². The van der Waals surface area contributed by atoms with Gasteiger partial charge in [0.05, 0.1) is 6.04 Å². The molecule has 1 aromatic carbocycles. The monoisotopic (exact) mass is 355 g/mol. The van der Waals surface area contributed by atoms with E-state index >= 15 is 0 Å².